The molecule has 3 rings (SSSR count). The van der Waals surface area contributed by atoms with Gasteiger partial charge in [-0.25, -0.2) is 0 Å². The van der Waals surface area contributed by atoms with Crippen LogP contribution in [0.1, 0.15) is 11.3 Å². The molecule has 1 heterocycles. The first kappa shape index (κ1) is 15.1. The number of likely N-dealkylation sites (N-methyl/N-ethyl adjacent to an activating group) is 1. The number of benzene rings is 2. The topological polar surface area (TPSA) is 13.1 Å². The van der Waals surface area contributed by atoms with Gasteiger partial charge < -0.3 is 8.90 Å². The standard InChI is InChI=1S/C19H21ClNO/c1-21(2,14-15-7-4-3-5-8-15)12-11-16-13-17-18(20)9-6-10-19(17)22-16/h3-10,13H,11-12,14H2,1-2H3/q+1. The van der Waals surface area contributed by atoms with Crippen LogP contribution >= 0.6 is 11.6 Å². The summed E-state index contributed by atoms with van der Waals surface area (Å²) in [5.74, 6) is 1.00. The lowest BCUT2D eigenvalue weighted by atomic mass is 10.2. The van der Waals surface area contributed by atoms with Crippen molar-refractivity contribution < 1.29 is 8.90 Å². The lowest BCUT2D eigenvalue weighted by Crippen LogP contribution is -2.40. The molecule has 0 aliphatic heterocycles. The largest absolute Gasteiger partial charge is 0.461 e. The van der Waals surface area contributed by atoms with Crippen molar-refractivity contribution in [2.75, 3.05) is 20.6 Å². The summed E-state index contributed by atoms with van der Waals surface area (Å²) in [6.07, 6.45) is 0.908. The van der Waals surface area contributed by atoms with Crippen molar-refractivity contribution in [3.8, 4) is 0 Å². The molecule has 2 nitrogen and oxygen atoms in total. The molecular weight excluding hydrogens is 294 g/mol. The van der Waals surface area contributed by atoms with E-state index in [1.807, 2.05) is 18.2 Å². The molecule has 0 aliphatic rings. The normalized spacial score (nSPS) is 12.0. The van der Waals surface area contributed by atoms with Crippen LogP contribution in [0, 0.1) is 0 Å². The molecule has 2 aromatic carbocycles. The zero-order chi connectivity index (χ0) is 15.6. The maximum absolute atomic E-state index is 6.20. The van der Waals surface area contributed by atoms with Crippen LogP contribution in [0.4, 0.5) is 0 Å². The Balaban J connectivity index is 1.68. The Hall–Kier alpha value is -1.77. The number of hydrogen-bond acceptors (Lipinski definition) is 1. The molecule has 0 aliphatic carbocycles. The second kappa shape index (κ2) is 6.15. The third-order valence-corrected chi connectivity index (χ3v) is 4.31. The molecule has 0 bridgehead atoms. The molecule has 0 atom stereocenters. The van der Waals surface area contributed by atoms with Crippen LogP contribution in [-0.2, 0) is 13.0 Å². The predicted octanol–water partition coefficient (Wildman–Crippen LogP) is 4.91. The summed E-state index contributed by atoms with van der Waals surface area (Å²) in [6.45, 7) is 2.04. The van der Waals surface area contributed by atoms with Gasteiger partial charge >= 0.3 is 0 Å². The molecule has 0 spiro atoms. The summed E-state index contributed by atoms with van der Waals surface area (Å²) in [5.41, 5.74) is 2.23. The Kier molecular flexibility index (Phi) is 4.23. The first-order valence-electron chi connectivity index (χ1n) is 7.56. The second-order valence-electron chi connectivity index (χ2n) is 6.42. The second-order valence-corrected chi connectivity index (χ2v) is 6.82. The first-order chi connectivity index (χ1) is 10.5. The van der Waals surface area contributed by atoms with Crippen molar-refractivity contribution in [3.63, 3.8) is 0 Å². The van der Waals surface area contributed by atoms with Crippen molar-refractivity contribution in [2.45, 2.75) is 13.0 Å². The first-order valence-corrected chi connectivity index (χ1v) is 7.94. The molecule has 0 saturated heterocycles. The highest BCUT2D eigenvalue weighted by Crippen LogP contribution is 2.27. The quantitative estimate of drug-likeness (QED) is 0.610. The van der Waals surface area contributed by atoms with Gasteiger partial charge in [0.1, 0.15) is 17.9 Å². The van der Waals surface area contributed by atoms with Gasteiger partial charge in [-0.15, -0.1) is 0 Å². The zero-order valence-electron chi connectivity index (χ0n) is 13.1. The van der Waals surface area contributed by atoms with Crippen LogP contribution < -0.4 is 0 Å². The van der Waals surface area contributed by atoms with Gasteiger partial charge in [-0.1, -0.05) is 48.0 Å². The Morgan fingerprint density at radius 2 is 1.77 bits per heavy atom. The molecule has 0 unspecified atom stereocenters. The summed E-state index contributed by atoms with van der Waals surface area (Å²) < 4.78 is 6.83. The Labute approximate surface area is 136 Å². The fourth-order valence-electron chi connectivity index (χ4n) is 2.77. The lowest BCUT2D eigenvalue weighted by Gasteiger charge is -2.29. The third-order valence-electron chi connectivity index (χ3n) is 3.98. The number of halogens is 1. The number of furan rings is 1. The van der Waals surface area contributed by atoms with Crippen LogP contribution in [0.2, 0.25) is 5.02 Å². The van der Waals surface area contributed by atoms with Crippen molar-refractivity contribution in [2.24, 2.45) is 0 Å². The van der Waals surface area contributed by atoms with Gasteiger partial charge in [0, 0.05) is 10.9 Å². The van der Waals surface area contributed by atoms with E-state index in [9.17, 15) is 0 Å². The number of hydrogen-bond donors (Lipinski definition) is 0. The van der Waals surface area contributed by atoms with E-state index in [0.717, 1.165) is 45.7 Å². The minimum absolute atomic E-state index is 0.755. The minimum Gasteiger partial charge on any atom is -0.461 e. The molecule has 0 amide bonds. The SMILES string of the molecule is C[N+](C)(CCc1cc2c(Cl)cccc2o1)Cc1ccccc1. The molecule has 22 heavy (non-hydrogen) atoms. The van der Waals surface area contributed by atoms with Crippen LogP contribution in [0.3, 0.4) is 0 Å². The molecule has 0 N–H and O–H groups in total. The number of fused-ring (bicyclic) bond motifs is 1. The maximum Gasteiger partial charge on any atom is 0.135 e. The molecule has 1 aromatic heterocycles. The fourth-order valence-corrected chi connectivity index (χ4v) is 2.99. The minimum atomic E-state index is 0.755. The Morgan fingerprint density at radius 1 is 1.00 bits per heavy atom. The highest BCUT2D eigenvalue weighted by Gasteiger charge is 2.17. The van der Waals surface area contributed by atoms with E-state index in [-0.39, 0.29) is 0 Å². The van der Waals surface area contributed by atoms with Gasteiger partial charge in [-0.2, -0.15) is 0 Å². The average molecular weight is 315 g/mol. The highest BCUT2D eigenvalue weighted by molar-refractivity contribution is 6.35. The van der Waals surface area contributed by atoms with E-state index in [4.69, 9.17) is 16.0 Å². The van der Waals surface area contributed by atoms with E-state index in [2.05, 4.69) is 50.5 Å². The summed E-state index contributed by atoms with van der Waals surface area (Å²) in [7, 11) is 4.51. The van der Waals surface area contributed by atoms with Gasteiger partial charge in [0.15, 0.2) is 0 Å². The van der Waals surface area contributed by atoms with Crippen LogP contribution in [0.15, 0.2) is 59.0 Å². The summed E-state index contributed by atoms with van der Waals surface area (Å²) in [5, 5.41) is 1.76. The van der Waals surface area contributed by atoms with Crippen LogP contribution in [-0.4, -0.2) is 25.1 Å². The molecule has 3 aromatic rings. The molecule has 114 valence electrons. The van der Waals surface area contributed by atoms with E-state index < -0.39 is 0 Å². The van der Waals surface area contributed by atoms with Gasteiger partial charge in [0.2, 0.25) is 0 Å². The zero-order valence-corrected chi connectivity index (χ0v) is 13.8. The predicted molar refractivity (Wildman–Crippen MR) is 92.0 cm³/mol. The maximum atomic E-state index is 6.20. The van der Waals surface area contributed by atoms with E-state index >= 15 is 0 Å². The van der Waals surface area contributed by atoms with Crippen molar-refractivity contribution in [1.82, 2.24) is 0 Å². The fraction of sp³-hybridized carbons (Fsp3) is 0.263. The number of rotatable bonds is 5. The van der Waals surface area contributed by atoms with Crippen LogP contribution in [0.25, 0.3) is 11.0 Å². The highest BCUT2D eigenvalue weighted by atomic mass is 35.5. The van der Waals surface area contributed by atoms with Crippen LogP contribution in [0.5, 0.6) is 0 Å². The average Bonchev–Trinajstić information content (AvgIpc) is 2.91. The van der Waals surface area contributed by atoms with Crippen molar-refractivity contribution in [3.05, 3.63) is 70.9 Å². The van der Waals surface area contributed by atoms with Gasteiger partial charge in [0.25, 0.3) is 0 Å². The van der Waals surface area contributed by atoms with Crippen molar-refractivity contribution in [1.29, 1.82) is 0 Å². The summed E-state index contributed by atoms with van der Waals surface area (Å²) >= 11 is 6.20. The van der Waals surface area contributed by atoms with Gasteiger partial charge in [0.05, 0.1) is 32.1 Å². The van der Waals surface area contributed by atoms with E-state index in [1.165, 1.54) is 5.56 Å². The van der Waals surface area contributed by atoms with Gasteiger partial charge in [-0.05, 0) is 18.2 Å². The molecule has 0 fully saturated rings. The summed E-state index contributed by atoms with van der Waals surface area (Å²) in [4.78, 5) is 0. The monoisotopic (exact) mass is 314 g/mol. The van der Waals surface area contributed by atoms with E-state index in [0.29, 0.717) is 0 Å². The van der Waals surface area contributed by atoms with Gasteiger partial charge in [-0.3, -0.25) is 0 Å². The number of nitrogens with zero attached hydrogens (tertiary/aromatic N) is 1. The summed E-state index contributed by atoms with van der Waals surface area (Å²) in [6, 6.07) is 18.5. The molecule has 0 radical (unpaired) electrons. The smallest absolute Gasteiger partial charge is 0.135 e. The lowest BCUT2D eigenvalue weighted by molar-refractivity contribution is -0.903. The molecule has 3 heteroatoms. The Morgan fingerprint density at radius 3 is 2.50 bits per heavy atom. The third kappa shape index (κ3) is 3.52. The molecule has 0 saturated carbocycles. The Bertz CT molecular complexity index is 761. The number of quaternary nitrogens is 1. The van der Waals surface area contributed by atoms with Crippen molar-refractivity contribution >= 4 is 22.6 Å². The van der Waals surface area contributed by atoms with E-state index in [1.54, 1.807) is 0 Å². The molecular formula is C19H21ClNO+.